The van der Waals surface area contributed by atoms with Crippen LogP contribution in [0.2, 0.25) is 0 Å². The number of amides is 1. The first-order valence-electron chi connectivity index (χ1n) is 7.50. The standard InChI is InChI=1S/C18H18BrNO4/c1-3-23-16-10-8-15(9-11-16)20-17(21)12(2)24-18(22)13-4-6-14(19)7-5-13/h4-12H,3H2,1-2H3,(H,20,21). The van der Waals surface area contributed by atoms with E-state index in [1.54, 1.807) is 48.5 Å². The van der Waals surface area contributed by atoms with Gasteiger partial charge >= 0.3 is 5.97 Å². The molecule has 6 heteroatoms. The van der Waals surface area contributed by atoms with Gasteiger partial charge in [-0.1, -0.05) is 15.9 Å². The van der Waals surface area contributed by atoms with Crippen LogP contribution >= 0.6 is 15.9 Å². The third-order valence-corrected chi connectivity index (χ3v) is 3.69. The van der Waals surface area contributed by atoms with Crippen molar-refractivity contribution >= 4 is 33.5 Å². The Morgan fingerprint density at radius 1 is 1.08 bits per heavy atom. The highest BCUT2D eigenvalue weighted by Crippen LogP contribution is 2.16. The number of anilines is 1. The normalized spacial score (nSPS) is 11.5. The van der Waals surface area contributed by atoms with Gasteiger partial charge in [-0.15, -0.1) is 0 Å². The Balaban J connectivity index is 1.91. The molecular formula is C18H18BrNO4. The van der Waals surface area contributed by atoms with Crippen molar-refractivity contribution in [2.75, 3.05) is 11.9 Å². The molecule has 0 aliphatic carbocycles. The van der Waals surface area contributed by atoms with Crippen LogP contribution in [0, 0.1) is 0 Å². The molecule has 0 fully saturated rings. The number of halogens is 1. The molecule has 126 valence electrons. The van der Waals surface area contributed by atoms with E-state index in [9.17, 15) is 9.59 Å². The Morgan fingerprint density at radius 2 is 1.71 bits per heavy atom. The molecule has 1 unspecified atom stereocenters. The fraction of sp³-hybridized carbons (Fsp3) is 0.222. The summed E-state index contributed by atoms with van der Waals surface area (Å²) < 4.78 is 11.4. The first-order chi connectivity index (χ1) is 11.5. The van der Waals surface area contributed by atoms with Crippen molar-refractivity contribution in [3.8, 4) is 5.75 Å². The molecule has 1 amide bonds. The SMILES string of the molecule is CCOc1ccc(NC(=O)C(C)OC(=O)c2ccc(Br)cc2)cc1. The van der Waals surface area contributed by atoms with Gasteiger partial charge in [0.25, 0.3) is 5.91 Å². The smallest absolute Gasteiger partial charge is 0.338 e. The molecule has 0 bridgehead atoms. The second kappa shape index (κ2) is 8.49. The molecule has 2 aromatic carbocycles. The lowest BCUT2D eigenvalue weighted by Gasteiger charge is -2.14. The van der Waals surface area contributed by atoms with E-state index in [2.05, 4.69) is 21.2 Å². The summed E-state index contributed by atoms with van der Waals surface area (Å²) in [6, 6.07) is 13.7. The van der Waals surface area contributed by atoms with E-state index in [1.807, 2.05) is 6.92 Å². The van der Waals surface area contributed by atoms with E-state index < -0.39 is 18.0 Å². The van der Waals surface area contributed by atoms with Gasteiger partial charge < -0.3 is 14.8 Å². The number of benzene rings is 2. The zero-order valence-electron chi connectivity index (χ0n) is 13.4. The molecule has 0 aliphatic rings. The van der Waals surface area contributed by atoms with Crippen LogP contribution in [0.4, 0.5) is 5.69 Å². The zero-order valence-corrected chi connectivity index (χ0v) is 15.0. The van der Waals surface area contributed by atoms with Crippen LogP contribution in [0.15, 0.2) is 53.0 Å². The summed E-state index contributed by atoms with van der Waals surface area (Å²) >= 11 is 3.30. The van der Waals surface area contributed by atoms with Gasteiger partial charge in [-0.05, 0) is 62.4 Å². The van der Waals surface area contributed by atoms with Crippen molar-refractivity contribution in [1.29, 1.82) is 0 Å². The lowest BCUT2D eigenvalue weighted by atomic mass is 10.2. The average Bonchev–Trinajstić information content (AvgIpc) is 2.57. The first kappa shape index (κ1) is 18.0. The van der Waals surface area contributed by atoms with Gasteiger partial charge in [-0.2, -0.15) is 0 Å². The van der Waals surface area contributed by atoms with Crippen molar-refractivity contribution in [1.82, 2.24) is 0 Å². The summed E-state index contributed by atoms with van der Waals surface area (Å²) in [6.45, 7) is 4.01. The number of nitrogens with one attached hydrogen (secondary N) is 1. The quantitative estimate of drug-likeness (QED) is 0.754. The first-order valence-corrected chi connectivity index (χ1v) is 8.29. The number of carbonyl (C=O) groups excluding carboxylic acids is 2. The molecule has 0 aliphatic heterocycles. The van der Waals surface area contributed by atoms with Crippen LogP contribution in [0.5, 0.6) is 5.75 Å². The Bertz CT molecular complexity index is 698. The number of rotatable bonds is 6. The molecule has 24 heavy (non-hydrogen) atoms. The third kappa shape index (κ3) is 5.09. The summed E-state index contributed by atoms with van der Waals surface area (Å²) in [7, 11) is 0. The molecule has 0 saturated carbocycles. The second-order valence-corrected chi connectivity index (χ2v) is 5.92. The topological polar surface area (TPSA) is 64.6 Å². The molecule has 0 aromatic heterocycles. The lowest BCUT2D eigenvalue weighted by molar-refractivity contribution is -0.123. The fourth-order valence-corrected chi connectivity index (χ4v) is 2.18. The van der Waals surface area contributed by atoms with Gasteiger partial charge in [-0.25, -0.2) is 4.79 Å². The van der Waals surface area contributed by atoms with E-state index in [-0.39, 0.29) is 0 Å². The second-order valence-electron chi connectivity index (χ2n) is 5.00. The third-order valence-electron chi connectivity index (χ3n) is 3.17. The van der Waals surface area contributed by atoms with Crippen LogP contribution in [-0.4, -0.2) is 24.6 Å². The fourth-order valence-electron chi connectivity index (χ4n) is 1.91. The summed E-state index contributed by atoms with van der Waals surface area (Å²) in [6.07, 6.45) is -0.910. The maximum absolute atomic E-state index is 12.1. The molecule has 1 atom stereocenters. The van der Waals surface area contributed by atoms with Gasteiger partial charge in [0.1, 0.15) is 5.75 Å². The molecule has 0 radical (unpaired) electrons. The van der Waals surface area contributed by atoms with Crippen molar-refractivity contribution in [3.05, 3.63) is 58.6 Å². The highest BCUT2D eigenvalue weighted by molar-refractivity contribution is 9.10. The maximum atomic E-state index is 12.1. The maximum Gasteiger partial charge on any atom is 0.338 e. The monoisotopic (exact) mass is 391 g/mol. The van der Waals surface area contributed by atoms with Gasteiger partial charge in [0, 0.05) is 10.2 Å². The molecule has 0 heterocycles. The number of ether oxygens (including phenoxy) is 2. The molecule has 0 saturated heterocycles. The molecule has 2 rings (SSSR count). The number of carbonyl (C=O) groups is 2. The van der Waals surface area contributed by atoms with Crippen LogP contribution in [0.25, 0.3) is 0 Å². The summed E-state index contributed by atoms with van der Waals surface area (Å²) in [5.41, 5.74) is 0.994. The van der Waals surface area contributed by atoms with Crippen molar-refractivity contribution in [2.24, 2.45) is 0 Å². The van der Waals surface area contributed by atoms with E-state index in [0.717, 1.165) is 10.2 Å². The van der Waals surface area contributed by atoms with E-state index >= 15 is 0 Å². The van der Waals surface area contributed by atoms with Crippen LogP contribution in [-0.2, 0) is 9.53 Å². The Morgan fingerprint density at radius 3 is 2.29 bits per heavy atom. The molecule has 5 nitrogen and oxygen atoms in total. The summed E-state index contributed by atoms with van der Waals surface area (Å²) in [5.74, 6) is -0.216. The molecule has 0 spiro atoms. The van der Waals surface area contributed by atoms with Gasteiger partial charge in [0.05, 0.1) is 12.2 Å². The minimum atomic E-state index is -0.910. The molecule has 2 aromatic rings. The van der Waals surface area contributed by atoms with Crippen LogP contribution in [0.1, 0.15) is 24.2 Å². The van der Waals surface area contributed by atoms with Crippen molar-refractivity contribution < 1.29 is 19.1 Å². The van der Waals surface area contributed by atoms with E-state index in [0.29, 0.717) is 17.9 Å². The highest BCUT2D eigenvalue weighted by Gasteiger charge is 2.19. The van der Waals surface area contributed by atoms with E-state index in [4.69, 9.17) is 9.47 Å². The van der Waals surface area contributed by atoms with Crippen molar-refractivity contribution in [3.63, 3.8) is 0 Å². The van der Waals surface area contributed by atoms with E-state index in [1.165, 1.54) is 6.92 Å². The molecular weight excluding hydrogens is 374 g/mol. The summed E-state index contributed by atoms with van der Waals surface area (Å²) in [4.78, 5) is 24.1. The van der Waals surface area contributed by atoms with Crippen molar-refractivity contribution in [2.45, 2.75) is 20.0 Å². The highest BCUT2D eigenvalue weighted by atomic mass is 79.9. The lowest BCUT2D eigenvalue weighted by Crippen LogP contribution is -2.29. The van der Waals surface area contributed by atoms with Crippen LogP contribution in [0.3, 0.4) is 0 Å². The Hall–Kier alpha value is -2.34. The Labute approximate surface area is 149 Å². The van der Waals surface area contributed by atoms with Gasteiger partial charge in [0.2, 0.25) is 0 Å². The number of hydrogen-bond acceptors (Lipinski definition) is 4. The van der Waals surface area contributed by atoms with Gasteiger partial charge in [0.15, 0.2) is 6.10 Å². The Kier molecular flexibility index (Phi) is 6.37. The minimum absolute atomic E-state index is 0.388. The predicted octanol–water partition coefficient (Wildman–Crippen LogP) is 4.03. The number of esters is 1. The van der Waals surface area contributed by atoms with Gasteiger partial charge in [-0.3, -0.25) is 4.79 Å². The summed E-state index contributed by atoms with van der Waals surface area (Å²) in [5, 5.41) is 2.70. The largest absolute Gasteiger partial charge is 0.494 e. The minimum Gasteiger partial charge on any atom is -0.494 e. The van der Waals surface area contributed by atoms with Crippen LogP contribution < -0.4 is 10.1 Å². The predicted molar refractivity (Wildman–Crippen MR) is 95.3 cm³/mol. The average molecular weight is 392 g/mol. The number of hydrogen-bond donors (Lipinski definition) is 1. The zero-order chi connectivity index (χ0) is 17.5. The molecule has 1 N–H and O–H groups in total.